The molecule has 0 aromatic heterocycles. The van der Waals surface area contributed by atoms with Crippen molar-refractivity contribution >= 4 is 5.78 Å². The van der Waals surface area contributed by atoms with Gasteiger partial charge in [0.2, 0.25) is 0 Å². The average molecular weight is 286 g/mol. The Bertz CT molecular complexity index is 652. The zero-order valence-corrected chi connectivity index (χ0v) is 12.7. The molecule has 0 amide bonds. The van der Waals surface area contributed by atoms with E-state index in [9.17, 15) is 9.18 Å². The molecule has 0 radical (unpaired) electrons. The molecule has 2 aromatic carbocycles. The van der Waals surface area contributed by atoms with Crippen LogP contribution in [0.4, 0.5) is 4.39 Å². The van der Waals surface area contributed by atoms with E-state index < -0.39 is 0 Å². The Balaban J connectivity index is 2.50. The Morgan fingerprint density at radius 2 is 1.67 bits per heavy atom. The zero-order valence-electron chi connectivity index (χ0n) is 12.7. The van der Waals surface area contributed by atoms with Gasteiger partial charge >= 0.3 is 0 Å². The van der Waals surface area contributed by atoms with Crippen LogP contribution in [0.3, 0.4) is 0 Å². The Labute approximate surface area is 124 Å². The van der Waals surface area contributed by atoms with Gasteiger partial charge in [0.15, 0.2) is 5.78 Å². The summed E-state index contributed by atoms with van der Waals surface area (Å²) in [5.74, 6) is -0.00256. The van der Waals surface area contributed by atoms with Crippen LogP contribution in [0.1, 0.15) is 42.3 Å². The maximum atomic E-state index is 13.0. The van der Waals surface area contributed by atoms with Crippen LogP contribution in [0.15, 0.2) is 42.5 Å². The molecule has 0 aliphatic heterocycles. The lowest BCUT2D eigenvalue weighted by Crippen LogP contribution is -2.13. The minimum atomic E-state index is -0.359. The number of ketones is 1. The second-order valence-corrected chi connectivity index (χ2v) is 6.00. The molecule has 2 aromatic rings. The van der Waals surface area contributed by atoms with Gasteiger partial charge in [-0.2, -0.15) is 0 Å². The lowest BCUT2D eigenvalue weighted by Gasteiger charge is -2.20. The zero-order chi connectivity index (χ0) is 15.6. The van der Waals surface area contributed by atoms with Gasteiger partial charge in [-0.15, -0.1) is 0 Å². The van der Waals surface area contributed by atoms with Crippen molar-refractivity contribution in [2.45, 2.75) is 26.2 Å². The van der Waals surface area contributed by atoms with E-state index in [1.54, 1.807) is 6.07 Å². The second kappa shape index (κ2) is 5.68. The first-order valence-electron chi connectivity index (χ1n) is 6.81. The van der Waals surface area contributed by atoms with Crippen molar-refractivity contribution in [1.29, 1.82) is 0 Å². The topological polar surface area (TPSA) is 26.3 Å². The molecule has 0 aliphatic carbocycles. The van der Waals surface area contributed by atoms with Crippen molar-refractivity contribution in [3.05, 3.63) is 65.0 Å². The number of ether oxygens (including phenoxy) is 1. The molecule has 0 N–H and O–H groups in total. The van der Waals surface area contributed by atoms with Gasteiger partial charge in [0.05, 0.1) is 12.7 Å². The minimum Gasteiger partial charge on any atom is -0.496 e. The molecule has 0 aliphatic rings. The highest BCUT2D eigenvalue weighted by atomic mass is 19.1. The van der Waals surface area contributed by atoms with E-state index in [4.69, 9.17) is 4.74 Å². The van der Waals surface area contributed by atoms with Crippen molar-refractivity contribution in [3.63, 3.8) is 0 Å². The van der Waals surface area contributed by atoms with E-state index in [1.807, 2.05) is 12.1 Å². The molecule has 0 unspecified atom stereocenters. The summed E-state index contributed by atoms with van der Waals surface area (Å²) in [5, 5.41) is 0. The van der Waals surface area contributed by atoms with Gasteiger partial charge in [0.1, 0.15) is 11.6 Å². The molecule has 21 heavy (non-hydrogen) atoms. The van der Waals surface area contributed by atoms with Crippen molar-refractivity contribution in [3.8, 4) is 5.75 Å². The highest BCUT2D eigenvalue weighted by Gasteiger charge is 2.20. The van der Waals surface area contributed by atoms with Crippen LogP contribution in [-0.2, 0) is 5.41 Å². The quantitative estimate of drug-likeness (QED) is 0.783. The van der Waals surface area contributed by atoms with Crippen LogP contribution in [0.5, 0.6) is 5.75 Å². The first-order chi connectivity index (χ1) is 9.82. The third-order valence-corrected chi connectivity index (χ3v) is 3.42. The fourth-order valence-corrected chi connectivity index (χ4v) is 2.11. The lowest BCUT2D eigenvalue weighted by molar-refractivity contribution is 0.103. The van der Waals surface area contributed by atoms with Gasteiger partial charge in [-0.05, 0) is 47.4 Å². The first kappa shape index (κ1) is 15.2. The van der Waals surface area contributed by atoms with Gasteiger partial charge in [-0.25, -0.2) is 4.39 Å². The Morgan fingerprint density at radius 3 is 2.19 bits per heavy atom. The number of carbonyl (C=O) groups excluding carboxylic acids is 1. The second-order valence-electron chi connectivity index (χ2n) is 6.00. The molecule has 0 heterocycles. The van der Waals surface area contributed by atoms with Crippen molar-refractivity contribution in [2.75, 3.05) is 7.11 Å². The van der Waals surface area contributed by atoms with E-state index in [0.29, 0.717) is 16.9 Å². The first-order valence-corrected chi connectivity index (χ1v) is 6.81. The maximum absolute atomic E-state index is 13.0. The Morgan fingerprint density at radius 1 is 1.05 bits per heavy atom. The van der Waals surface area contributed by atoms with Gasteiger partial charge in [-0.3, -0.25) is 4.79 Å². The summed E-state index contributed by atoms with van der Waals surface area (Å²) in [5.41, 5.74) is 1.93. The van der Waals surface area contributed by atoms with Crippen LogP contribution in [-0.4, -0.2) is 12.9 Å². The fraction of sp³-hybridized carbons (Fsp3) is 0.278. The van der Waals surface area contributed by atoms with Crippen LogP contribution >= 0.6 is 0 Å². The highest BCUT2D eigenvalue weighted by molar-refractivity contribution is 6.10. The monoisotopic (exact) mass is 286 g/mol. The summed E-state index contributed by atoms with van der Waals surface area (Å²) >= 11 is 0. The Hall–Kier alpha value is -2.16. The van der Waals surface area contributed by atoms with Crippen molar-refractivity contribution in [2.24, 2.45) is 0 Å². The molecule has 0 saturated heterocycles. The maximum Gasteiger partial charge on any atom is 0.196 e. The standard InChI is InChI=1S/C18H19FO2/c1-18(2,3)13-7-10-16(21-4)15(11-13)17(20)12-5-8-14(19)9-6-12/h5-11H,1-4H3. The number of rotatable bonds is 3. The molecule has 110 valence electrons. The smallest absolute Gasteiger partial charge is 0.196 e. The largest absolute Gasteiger partial charge is 0.496 e. The van der Waals surface area contributed by atoms with Gasteiger partial charge < -0.3 is 4.74 Å². The van der Waals surface area contributed by atoms with Crippen molar-refractivity contribution in [1.82, 2.24) is 0 Å². The predicted octanol–water partition coefficient (Wildman–Crippen LogP) is 4.36. The van der Waals surface area contributed by atoms with E-state index in [-0.39, 0.29) is 17.0 Å². The fourth-order valence-electron chi connectivity index (χ4n) is 2.11. The number of hydrogen-bond acceptors (Lipinski definition) is 2. The van der Waals surface area contributed by atoms with E-state index in [0.717, 1.165) is 5.56 Å². The molecule has 0 fully saturated rings. The number of methoxy groups -OCH3 is 1. The van der Waals surface area contributed by atoms with Crippen LogP contribution in [0.25, 0.3) is 0 Å². The van der Waals surface area contributed by atoms with Crippen LogP contribution < -0.4 is 4.74 Å². The molecule has 2 rings (SSSR count). The van der Waals surface area contributed by atoms with E-state index in [1.165, 1.54) is 31.4 Å². The Kier molecular flexibility index (Phi) is 4.12. The molecule has 2 nitrogen and oxygen atoms in total. The third kappa shape index (κ3) is 3.30. The molecule has 0 saturated carbocycles. The summed E-state index contributed by atoms with van der Waals surface area (Å²) in [6.45, 7) is 6.25. The van der Waals surface area contributed by atoms with Crippen LogP contribution in [0, 0.1) is 5.82 Å². The third-order valence-electron chi connectivity index (χ3n) is 3.42. The molecule has 0 atom stereocenters. The molecule has 0 spiro atoms. The number of hydrogen-bond donors (Lipinski definition) is 0. The summed E-state index contributed by atoms with van der Waals surface area (Å²) in [4.78, 5) is 12.6. The van der Waals surface area contributed by atoms with Gasteiger partial charge in [0, 0.05) is 5.56 Å². The molecule has 0 bridgehead atoms. The highest BCUT2D eigenvalue weighted by Crippen LogP contribution is 2.29. The predicted molar refractivity (Wildman–Crippen MR) is 81.5 cm³/mol. The molecular formula is C18H19FO2. The molecular weight excluding hydrogens is 267 g/mol. The number of benzene rings is 2. The normalized spacial score (nSPS) is 11.3. The summed E-state index contributed by atoms with van der Waals surface area (Å²) in [6, 6.07) is 11.2. The number of carbonyl (C=O) groups is 1. The van der Waals surface area contributed by atoms with Crippen molar-refractivity contribution < 1.29 is 13.9 Å². The average Bonchev–Trinajstić information content (AvgIpc) is 2.45. The summed E-state index contributed by atoms with van der Waals surface area (Å²) in [7, 11) is 1.54. The van der Waals surface area contributed by atoms with Gasteiger partial charge in [-0.1, -0.05) is 26.8 Å². The number of halogens is 1. The SMILES string of the molecule is COc1ccc(C(C)(C)C)cc1C(=O)c1ccc(F)cc1. The lowest BCUT2D eigenvalue weighted by atomic mass is 9.85. The minimum absolute atomic E-state index is 0.0654. The summed E-state index contributed by atoms with van der Waals surface area (Å²) in [6.07, 6.45) is 0. The molecule has 3 heteroatoms. The van der Waals surface area contributed by atoms with Gasteiger partial charge in [0.25, 0.3) is 0 Å². The van der Waals surface area contributed by atoms with E-state index in [2.05, 4.69) is 20.8 Å². The van der Waals surface area contributed by atoms with E-state index >= 15 is 0 Å². The summed E-state index contributed by atoms with van der Waals surface area (Å²) < 4.78 is 18.3. The van der Waals surface area contributed by atoms with Crippen LogP contribution in [0.2, 0.25) is 0 Å².